The smallest absolute Gasteiger partial charge is 0.111 e. The van der Waals surface area contributed by atoms with Crippen molar-refractivity contribution < 1.29 is 54.3 Å². The lowest BCUT2D eigenvalue weighted by molar-refractivity contribution is -0.123. The van der Waals surface area contributed by atoms with Gasteiger partial charge in [0.15, 0.2) is 0 Å². The lowest BCUT2D eigenvalue weighted by atomic mass is 10.0. The number of hydrogen-bond donors (Lipinski definition) is 6. The molecule has 0 aliphatic heterocycles. The molecule has 0 saturated carbocycles. The van der Waals surface area contributed by atoms with E-state index in [2.05, 4.69) is 0 Å². The molecule has 4 atom stereocenters. The van der Waals surface area contributed by atoms with Crippen LogP contribution in [-0.2, 0) is 23.7 Å². The van der Waals surface area contributed by atoms with E-state index in [1.807, 2.05) is 0 Å². The number of rotatable bonds is 17. The Labute approximate surface area is 160 Å². The lowest BCUT2D eigenvalue weighted by Gasteiger charge is -2.24. The van der Waals surface area contributed by atoms with E-state index in [-0.39, 0.29) is 0 Å². The van der Waals surface area contributed by atoms with E-state index >= 15 is 0 Å². The van der Waals surface area contributed by atoms with Crippen LogP contribution in [0.1, 0.15) is 0 Å². The molecule has 0 aromatic carbocycles. The molecule has 27 heavy (non-hydrogen) atoms. The van der Waals surface area contributed by atoms with Gasteiger partial charge in [0.05, 0.1) is 66.1 Å². The molecule has 0 aromatic rings. The second-order valence-electron chi connectivity index (χ2n) is 5.30. The highest BCUT2D eigenvalue weighted by atomic mass is 16.6. The Morgan fingerprint density at radius 2 is 0.778 bits per heavy atom. The van der Waals surface area contributed by atoms with Gasteiger partial charge in [0.1, 0.15) is 24.4 Å². The largest absolute Gasteiger partial charge is 0.394 e. The van der Waals surface area contributed by atoms with Gasteiger partial charge >= 0.3 is 0 Å². The van der Waals surface area contributed by atoms with Crippen molar-refractivity contribution in [3.63, 3.8) is 0 Å². The van der Waals surface area contributed by atoms with Gasteiger partial charge in [-0.05, 0) is 0 Å². The molecule has 11 heteroatoms. The molecule has 0 bridgehead atoms. The molecule has 0 saturated heterocycles. The van der Waals surface area contributed by atoms with Crippen molar-refractivity contribution in [2.75, 3.05) is 80.3 Å². The van der Waals surface area contributed by atoms with E-state index in [0.717, 1.165) is 0 Å². The molecule has 0 fully saturated rings. The summed E-state index contributed by atoms with van der Waals surface area (Å²) in [5.41, 5.74) is 0. The molecule has 166 valence electrons. The molecule has 0 spiro atoms. The Hall–Kier alpha value is -0.440. The number of ether oxygens (including phenoxy) is 5. The van der Waals surface area contributed by atoms with Crippen LogP contribution in [0.25, 0.3) is 0 Å². The molecule has 0 aliphatic rings. The molecule has 0 amide bonds. The Kier molecular flexibility index (Phi) is 23.3. The van der Waals surface area contributed by atoms with Gasteiger partial charge in [-0.15, -0.1) is 0 Å². The fourth-order valence-corrected chi connectivity index (χ4v) is 1.50. The Bertz CT molecular complexity index is 257. The van der Waals surface area contributed by atoms with Crippen LogP contribution in [0.5, 0.6) is 0 Å². The van der Waals surface area contributed by atoms with Crippen molar-refractivity contribution >= 4 is 0 Å². The number of methoxy groups -OCH3 is 2. The van der Waals surface area contributed by atoms with E-state index in [9.17, 15) is 0 Å². The highest BCUT2D eigenvalue weighted by Crippen LogP contribution is 2.04. The quantitative estimate of drug-likeness (QED) is 0.135. The minimum Gasteiger partial charge on any atom is -0.394 e. The molecular formula is C16H36O11. The van der Waals surface area contributed by atoms with Gasteiger partial charge in [-0.3, -0.25) is 0 Å². The normalized spacial score (nSPS) is 15.6. The first-order valence-corrected chi connectivity index (χ1v) is 8.61. The summed E-state index contributed by atoms with van der Waals surface area (Å²) in [5, 5.41) is 52.2. The van der Waals surface area contributed by atoms with Gasteiger partial charge in [0.2, 0.25) is 0 Å². The number of aliphatic hydroxyl groups is 6. The van der Waals surface area contributed by atoms with Gasteiger partial charge in [-0.2, -0.15) is 0 Å². The molecule has 0 unspecified atom stereocenters. The van der Waals surface area contributed by atoms with Crippen molar-refractivity contribution in [1.29, 1.82) is 0 Å². The third-order valence-corrected chi connectivity index (χ3v) is 3.12. The first-order valence-electron chi connectivity index (χ1n) is 8.61. The van der Waals surface area contributed by atoms with E-state index in [1.165, 1.54) is 0 Å². The zero-order chi connectivity index (χ0) is 20.9. The number of hydrogen-bond acceptors (Lipinski definition) is 11. The molecule has 11 nitrogen and oxygen atoms in total. The average Bonchev–Trinajstić information content (AvgIpc) is 2.70. The summed E-state index contributed by atoms with van der Waals surface area (Å²) in [6.07, 6.45) is -6.39. The van der Waals surface area contributed by atoms with Crippen LogP contribution in [-0.4, -0.2) is 135 Å². The Balaban J connectivity index is 0. The second kappa shape index (κ2) is 21.9. The maximum absolute atomic E-state index is 8.96. The average molecular weight is 404 g/mol. The van der Waals surface area contributed by atoms with Crippen LogP contribution in [0.2, 0.25) is 0 Å². The third-order valence-electron chi connectivity index (χ3n) is 3.12. The maximum Gasteiger partial charge on any atom is 0.111 e. The van der Waals surface area contributed by atoms with Gasteiger partial charge in [-0.1, -0.05) is 0 Å². The van der Waals surface area contributed by atoms with E-state index in [4.69, 9.17) is 54.3 Å². The molecule has 6 N–H and O–H groups in total. The fourth-order valence-electron chi connectivity index (χ4n) is 1.50. The third kappa shape index (κ3) is 18.7. The molecule has 0 aromatic heterocycles. The first kappa shape index (κ1) is 28.8. The van der Waals surface area contributed by atoms with Crippen LogP contribution in [0.3, 0.4) is 0 Å². The molecule has 0 heterocycles. The highest BCUT2D eigenvalue weighted by Gasteiger charge is 2.29. The highest BCUT2D eigenvalue weighted by molar-refractivity contribution is 4.79. The van der Waals surface area contributed by atoms with Crippen molar-refractivity contribution in [2.45, 2.75) is 24.4 Å². The second-order valence-corrected chi connectivity index (χ2v) is 5.30. The lowest BCUT2D eigenvalue weighted by Crippen LogP contribution is -2.46. The zero-order valence-electron chi connectivity index (χ0n) is 16.1. The van der Waals surface area contributed by atoms with Crippen LogP contribution in [0, 0.1) is 0 Å². The number of aliphatic hydroxyl groups excluding tert-OH is 6. The molecule has 0 rings (SSSR count). The SMILES string of the molecule is COCCOCCOCCOCCOC.OC[C@@H](O)[C@@H](O)[C@H](O)[C@H](O)CO. The van der Waals surface area contributed by atoms with E-state index < -0.39 is 37.6 Å². The molecular weight excluding hydrogens is 368 g/mol. The summed E-state index contributed by atoms with van der Waals surface area (Å²) in [7, 11) is 3.30. The molecule has 0 aliphatic carbocycles. The monoisotopic (exact) mass is 404 g/mol. The summed E-state index contributed by atoms with van der Waals surface area (Å²) in [4.78, 5) is 0. The fraction of sp³-hybridized carbons (Fsp3) is 1.00. The molecule has 0 radical (unpaired) electrons. The zero-order valence-corrected chi connectivity index (χ0v) is 16.1. The topological polar surface area (TPSA) is 168 Å². The van der Waals surface area contributed by atoms with E-state index in [1.54, 1.807) is 14.2 Å². The minimum atomic E-state index is -1.67. The summed E-state index contributed by atoms with van der Waals surface area (Å²) in [6.45, 7) is 3.42. The van der Waals surface area contributed by atoms with Gasteiger partial charge < -0.3 is 54.3 Å². The van der Waals surface area contributed by atoms with Crippen LogP contribution >= 0.6 is 0 Å². The Morgan fingerprint density at radius 3 is 1.00 bits per heavy atom. The van der Waals surface area contributed by atoms with Crippen LogP contribution < -0.4 is 0 Å². The summed E-state index contributed by atoms with van der Waals surface area (Å²) in [6, 6.07) is 0. The van der Waals surface area contributed by atoms with Crippen LogP contribution in [0.4, 0.5) is 0 Å². The van der Waals surface area contributed by atoms with Crippen molar-refractivity contribution in [3.8, 4) is 0 Å². The standard InChI is InChI=1S/C10H22O5.C6H14O6/c1-11-3-5-13-7-9-15-10-8-14-6-4-12-2;7-1-3(9)5(11)6(12)4(10)2-8/h3-10H2,1-2H3;3-12H,1-2H2/t;3-,4-,5-,6-/m.1/s1. The summed E-state index contributed by atoms with van der Waals surface area (Å²) in [5.74, 6) is 0. The van der Waals surface area contributed by atoms with Gasteiger partial charge in [0, 0.05) is 14.2 Å². The minimum absolute atomic E-state index is 0.595. The van der Waals surface area contributed by atoms with Crippen LogP contribution in [0.15, 0.2) is 0 Å². The summed E-state index contributed by atoms with van der Waals surface area (Å²) >= 11 is 0. The van der Waals surface area contributed by atoms with Crippen molar-refractivity contribution in [3.05, 3.63) is 0 Å². The predicted molar refractivity (Wildman–Crippen MR) is 94.4 cm³/mol. The van der Waals surface area contributed by atoms with Crippen molar-refractivity contribution in [2.24, 2.45) is 0 Å². The van der Waals surface area contributed by atoms with Gasteiger partial charge in [-0.25, -0.2) is 0 Å². The van der Waals surface area contributed by atoms with Gasteiger partial charge in [0.25, 0.3) is 0 Å². The Morgan fingerprint density at radius 1 is 0.519 bits per heavy atom. The maximum atomic E-state index is 8.96. The predicted octanol–water partition coefficient (Wildman–Crippen LogP) is -3.26. The summed E-state index contributed by atoms with van der Waals surface area (Å²) < 4.78 is 25.3. The van der Waals surface area contributed by atoms with E-state index in [0.29, 0.717) is 52.9 Å². The van der Waals surface area contributed by atoms with Crippen molar-refractivity contribution in [1.82, 2.24) is 0 Å². The first-order chi connectivity index (χ1) is 13.0.